The van der Waals surface area contributed by atoms with Crippen LogP contribution in [0.15, 0.2) is 0 Å². The summed E-state index contributed by atoms with van der Waals surface area (Å²) in [6, 6.07) is 0. The maximum absolute atomic E-state index is 10.5. The van der Waals surface area contributed by atoms with Gasteiger partial charge in [0.1, 0.15) is 10.0 Å². The van der Waals surface area contributed by atoms with E-state index in [0.29, 0.717) is 0 Å². The molecule has 142 valence electrons. The summed E-state index contributed by atoms with van der Waals surface area (Å²) in [5, 5.41) is 10.0. The molecule has 0 amide bonds. The molecule has 0 heterocycles. The van der Waals surface area contributed by atoms with E-state index in [1.807, 2.05) is 0 Å². The van der Waals surface area contributed by atoms with Gasteiger partial charge in [-0.3, -0.25) is 10.1 Å². The molecule has 4 nitrogen and oxygen atoms in total. The molecule has 0 saturated carbocycles. The molecular weight excluding hydrogens is 559 g/mol. The van der Waals surface area contributed by atoms with Gasteiger partial charge in [-0.1, -0.05) is 116 Å². The summed E-state index contributed by atoms with van der Waals surface area (Å²) in [6.07, 6.45) is 0. The summed E-state index contributed by atoms with van der Waals surface area (Å²) < 4.78 is 0. The van der Waals surface area contributed by atoms with Crippen LogP contribution in [0.2, 0.25) is 50.2 Å². The zero-order chi connectivity index (χ0) is 20.5. The lowest BCUT2D eigenvalue weighted by Crippen LogP contribution is -1.92. The summed E-state index contributed by atoms with van der Waals surface area (Å²) in [5.74, 6) is 0. The zero-order valence-electron chi connectivity index (χ0n) is 11.6. The molecule has 0 fully saturated rings. The highest BCUT2D eigenvalue weighted by molar-refractivity contribution is 6.57. The minimum atomic E-state index is -0.779. The van der Waals surface area contributed by atoms with Crippen LogP contribution in [0.5, 0.6) is 0 Å². The Bertz CT molecular complexity index is 769. The van der Waals surface area contributed by atoms with Crippen LogP contribution in [-0.4, -0.2) is 4.92 Å². The number of anilines is 1. The van der Waals surface area contributed by atoms with E-state index in [-0.39, 0.29) is 55.9 Å². The standard InChI is InChI=1S/C6Cl5NO2.C6H2Cl5N/c7-1-2(8)4(10)6(12(13)14)5(11)3(1)9;7-1-2(8)4(10)6(12)5(11)3(1)9/h;12H2. The molecule has 0 radical (unpaired) electrons. The lowest BCUT2D eigenvalue weighted by Gasteiger charge is -2.07. The van der Waals surface area contributed by atoms with Crippen molar-refractivity contribution in [2.24, 2.45) is 0 Å². The summed E-state index contributed by atoms with van der Waals surface area (Å²) in [6.45, 7) is 0. The van der Waals surface area contributed by atoms with Gasteiger partial charge >= 0.3 is 5.69 Å². The number of nitrogens with zero attached hydrogens (tertiary/aromatic N) is 1. The van der Waals surface area contributed by atoms with Crippen LogP contribution in [-0.2, 0) is 0 Å². The number of nitro groups is 1. The number of nitrogens with two attached hydrogens (primary N) is 1. The van der Waals surface area contributed by atoms with Crippen molar-refractivity contribution >= 4 is 127 Å². The monoisotopic (exact) mass is 556 g/mol. The maximum atomic E-state index is 10.5. The van der Waals surface area contributed by atoms with Crippen LogP contribution >= 0.6 is 116 Å². The Morgan fingerprint density at radius 1 is 0.538 bits per heavy atom. The maximum Gasteiger partial charge on any atom is 0.309 e. The molecule has 0 unspecified atom stereocenters. The van der Waals surface area contributed by atoms with Crippen molar-refractivity contribution in [3.63, 3.8) is 0 Å². The molecule has 0 bridgehead atoms. The smallest absolute Gasteiger partial charge is 0.309 e. The van der Waals surface area contributed by atoms with Gasteiger partial charge in [-0.25, -0.2) is 0 Å². The minimum absolute atomic E-state index is 0.103. The van der Waals surface area contributed by atoms with E-state index in [2.05, 4.69) is 0 Å². The Morgan fingerprint density at radius 2 is 0.769 bits per heavy atom. The zero-order valence-corrected chi connectivity index (χ0v) is 19.2. The first-order valence-corrected chi connectivity index (χ1v) is 9.55. The fourth-order valence-corrected chi connectivity index (χ4v) is 3.79. The molecule has 14 heteroatoms. The van der Waals surface area contributed by atoms with E-state index in [1.165, 1.54) is 0 Å². The molecule has 2 rings (SSSR count). The fraction of sp³-hybridized carbons (Fsp3) is 0. The first kappa shape index (κ1) is 24.6. The third kappa shape index (κ3) is 4.93. The Balaban J connectivity index is 0.000000263. The number of halogens is 10. The second-order valence-corrected chi connectivity index (χ2v) is 7.94. The summed E-state index contributed by atoms with van der Waals surface area (Å²) in [4.78, 5) is 9.76. The van der Waals surface area contributed by atoms with Crippen LogP contribution in [0, 0.1) is 10.1 Å². The predicted octanol–water partition coefficient (Wildman–Crippen LogP) is 9.40. The van der Waals surface area contributed by atoms with E-state index in [4.69, 9.17) is 122 Å². The van der Waals surface area contributed by atoms with Crippen LogP contribution in [0.1, 0.15) is 0 Å². The van der Waals surface area contributed by atoms with Gasteiger partial charge in [0.05, 0.1) is 50.8 Å². The summed E-state index contributed by atoms with van der Waals surface area (Å²) >= 11 is 56.3. The van der Waals surface area contributed by atoms with Gasteiger partial charge in [0, 0.05) is 0 Å². The van der Waals surface area contributed by atoms with Gasteiger partial charge in [0.15, 0.2) is 0 Å². The van der Waals surface area contributed by atoms with Gasteiger partial charge in [0.2, 0.25) is 0 Å². The summed E-state index contributed by atoms with van der Waals surface area (Å²) in [7, 11) is 0. The number of nitro benzene ring substituents is 1. The lowest BCUT2D eigenvalue weighted by molar-refractivity contribution is -0.384. The van der Waals surface area contributed by atoms with E-state index in [0.717, 1.165) is 0 Å². The third-order valence-electron chi connectivity index (χ3n) is 2.61. The van der Waals surface area contributed by atoms with Crippen LogP contribution < -0.4 is 5.73 Å². The van der Waals surface area contributed by atoms with E-state index < -0.39 is 10.6 Å². The molecule has 0 aromatic heterocycles. The van der Waals surface area contributed by atoms with Crippen molar-refractivity contribution in [1.29, 1.82) is 0 Å². The van der Waals surface area contributed by atoms with Crippen LogP contribution in [0.25, 0.3) is 0 Å². The van der Waals surface area contributed by atoms with Crippen molar-refractivity contribution in [2.45, 2.75) is 0 Å². The molecule has 0 aliphatic heterocycles. The van der Waals surface area contributed by atoms with E-state index >= 15 is 0 Å². The van der Waals surface area contributed by atoms with Crippen molar-refractivity contribution < 1.29 is 4.92 Å². The van der Waals surface area contributed by atoms with Crippen LogP contribution in [0.3, 0.4) is 0 Å². The topological polar surface area (TPSA) is 69.2 Å². The predicted molar refractivity (Wildman–Crippen MR) is 114 cm³/mol. The summed E-state index contributed by atoms with van der Waals surface area (Å²) in [5.41, 5.74) is 5.05. The Morgan fingerprint density at radius 3 is 1.04 bits per heavy atom. The highest BCUT2D eigenvalue weighted by Gasteiger charge is 2.27. The molecule has 2 N–H and O–H groups in total. The lowest BCUT2D eigenvalue weighted by atomic mass is 10.3. The molecule has 26 heavy (non-hydrogen) atoms. The number of rotatable bonds is 1. The Labute approximate surface area is 197 Å². The van der Waals surface area contributed by atoms with Crippen molar-refractivity contribution in [3.8, 4) is 0 Å². The number of hydrogen-bond donors (Lipinski definition) is 1. The van der Waals surface area contributed by atoms with E-state index in [9.17, 15) is 10.1 Å². The molecule has 0 atom stereocenters. The number of benzene rings is 2. The second kappa shape index (κ2) is 9.84. The molecular formula is C12H2Cl10N2O2. The Hall–Kier alpha value is 0.540. The van der Waals surface area contributed by atoms with Gasteiger partial charge in [0.25, 0.3) is 0 Å². The van der Waals surface area contributed by atoms with Gasteiger partial charge in [-0.2, -0.15) is 0 Å². The first-order valence-electron chi connectivity index (χ1n) is 5.77. The number of hydrogen-bond acceptors (Lipinski definition) is 3. The fourth-order valence-electron chi connectivity index (χ4n) is 1.38. The number of nitrogen functional groups attached to an aromatic ring is 1. The van der Waals surface area contributed by atoms with E-state index in [1.54, 1.807) is 0 Å². The molecule has 0 saturated heterocycles. The Kier molecular flexibility index (Phi) is 9.30. The van der Waals surface area contributed by atoms with Gasteiger partial charge in [-0.15, -0.1) is 0 Å². The molecule has 0 aliphatic carbocycles. The normalized spacial score (nSPS) is 10.4. The molecule has 0 spiro atoms. The largest absolute Gasteiger partial charge is 0.396 e. The average molecular weight is 561 g/mol. The SMILES string of the molecule is Nc1c(Cl)c(Cl)c(Cl)c(Cl)c1Cl.O=[N+]([O-])c1c(Cl)c(Cl)c(Cl)c(Cl)c1Cl. The van der Waals surface area contributed by atoms with Crippen molar-refractivity contribution in [2.75, 3.05) is 5.73 Å². The van der Waals surface area contributed by atoms with Gasteiger partial charge in [-0.05, 0) is 0 Å². The average Bonchev–Trinajstić information content (AvgIpc) is 2.60. The molecule has 2 aromatic carbocycles. The quantitative estimate of drug-likeness (QED) is 0.124. The highest BCUT2D eigenvalue weighted by atomic mass is 35.5. The van der Waals surface area contributed by atoms with Gasteiger partial charge < -0.3 is 5.73 Å². The minimum Gasteiger partial charge on any atom is -0.396 e. The highest BCUT2D eigenvalue weighted by Crippen LogP contribution is 2.47. The molecule has 0 aliphatic rings. The third-order valence-corrected chi connectivity index (χ3v) is 7.18. The van der Waals surface area contributed by atoms with Crippen molar-refractivity contribution in [1.82, 2.24) is 0 Å². The first-order chi connectivity index (χ1) is 11.8. The van der Waals surface area contributed by atoms with Crippen molar-refractivity contribution in [3.05, 3.63) is 60.3 Å². The second-order valence-electron chi connectivity index (χ2n) is 4.16. The molecule has 2 aromatic rings. The van der Waals surface area contributed by atoms with Crippen LogP contribution in [0.4, 0.5) is 11.4 Å².